The first-order chi connectivity index (χ1) is 15.1. The Labute approximate surface area is 179 Å². The van der Waals surface area contributed by atoms with E-state index in [9.17, 15) is 14.4 Å². The third kappa shape index (κ3) is 3.98. The summed E-state index contributed by atoms with van der Waals surface area (Å²) in [6, 6.07) is 12.5. The number of benzene rings is 2. The fourth-order valence-electron chi connectivity index (χ4n) is 4.48. The van der Waals surface area contributed by atoms with Crippen LogP contribution < -0.4 is 5.63 Å². The Morgan fingerprint density at radius 1 is 0.968 bits per heavy atom. The Bertz CT molecular complexity index is 1230. The van der Waals surface area contributed by atoms with Gasteiger partial charge < -0.3 is 14.1 Å². The van der Waals surface area contributed by atoms with Crippen LogP contribution in [0.3, 0.4) is 0 Å². The molecule has 1 aliphatic heterocycles. The number of hydrogen-bond donors (Lipinski definition) is 0. The van der Waals surface area contributed by atoms with Crippen LogP contribution in [0.1, 0.15) is 51.9 Å². The lowest BCUT2D eigenvalue weighted by Gasteiger charge is -2.15. The van der Waals surface area contributed by atoms with Gasteiger partial charge in [-0.2, -0.15) is 0 Å². The summed E-state index contributed by atoms with van der Waals surface area (Å²) in [6.45, 7) is 1.35. The van der Waals surface area contributed by atoms with Gasteiger partial charge in [-0.3, -0.25) is 4.79 Å². The minimum absolute atomic E-state index is 0.00372. The first-order valence-corrected chi connectivity index (χ1v) is 10.7. The van der Waals surface area contributed by atoms with Gasteiger partial charge in [-0.1, -0.05) is 12.1 Å². The lowest BCUT2D eigenvalue weighted by Crippen LogP contribution is -2.23. The van der Waals surface area contributed by atoms with E-state index in [1.807, 2.05) is 23.1 Å². The van der Waals surface area contributed by atoms with Crippen molar-refractivity contribution in [1.82, 2.24) is 4.90 Å². The summed E-state index contributed by atoms with van der Waals surface area (Å²) in [6.07, 6.45) is 4.62. The van der Waals surface area contributed by atoms with Gasteiger partial charge in [0.15, 0.2) is 0 Å². The molecule has 1 aliphatic carbocycles. The van der Waals surface area contributed by atoms with E-state index in [4.69, 9.17) is 9.15 Å². The van der Waals surface area contributed by atoms with Crippen LogP contribution in [0, 0.1) is 0 Å². The van der Waals surface area contributed by atoms with Crippen molar-refractivity contribution in [3.63, 3.8) is 0 Å². The second-order valence-corrected chi connectivity index (χ2v) is 8.25. The first kappa shape index (κ1) is 19.5. The molecule has 0 unspecified atom stereocenters. The number of likely N-dealkylation sites (tertiary alicyclic amines) is 1. The molecule has 1 aromatic heterocycles. The summed E-state index contributed by atoms with van der Waals surface area (Å²) in [5.74, 6) is -0.278. The number of nitrogens with zero attached hydrogens (tertiary/aromatic N) is 1. The van der Waals surface area contributed by atoms with Crippen LogP contribution in [0.2, 0.25) is 0 Å². The second kappa shape index (κ2) is 8.02. The predicted molar refractivity (Wildman–Crippen MR) is 115 cm³/mol. The van der Waals surface area contributed by atoms with E-state index in [2.05, 4.69) is 6.07 Å². The number of hydrogen-bond acceptors (Lipinski definition) is 5. The summed E-state index contributed by atoms with van der Waals surface area (Å²) < 4.78 is 10.9. The molecule has 1 saturated heterocycles. The van der Waals surface area contributed by atoms with Gasteiger partial charge in [-0.15, -0.1) is 0 Å². The molecule has 31 heavy (non-hydrogen) atoms. The van der Waals surface area contributed by atoms with E-state index in [-0.39, 0.29) is 12.5 Å². The Hall–Kier alpha value is -3.41. The molecule has 6 heteroatoms. The van der Waals surface area contributed by atoms with Gasteiger partial charge in [0.05, 0.1) is 5.56 Å². The maximum Gasteiger partial charge on any atom is 0.338 e. The van der Waals surface area contributed by atoms with Gasteiger partial charge in [-0.25, -0.2) is 9.59 Å². The number of rotatable bonds is 5. The molecule has 0 bridgehead atoms. The molecule has 2 aromatic carbocycles. The average Bonchev–Trinajstić information content (AvgIpc) is 3.39. The van der Waals surface area contributed by atoms with E-state index in [1.165, 1.54) is 17.2 Å². The minimum atomic E-state index is -0.452. The standard InChI is InChI=1S/C25H23NO5/c27-23-5-2-10-26(23)14-16-6-8-17(9-7-16)25(29)30-15-20-13-24(28)31-22-12-19-4-1-3-18(19)11-21(20)22/h6-9,11-13H,1-5,10,14-15H2. The highest BCUT2D eigenvalue weighted by Crippen LogP contribution is 2.29. The Morgan fingerprint density at radius 2 is 1.74 bits per heavy atom. The van der Waals surface area contributed by atoms with Crippen molar-refractivity contribution in [1.29, 1.82) is 0 Å². The molecule has 1 amide bonds. The lowest BCUT2D eigenvalue weighted by atomic mass is 10.0. The van der Waals surface area contributed by atoms with Crippen LogP contribution in [-0.2, 0) is 35.5 Å². The predicted octanol–water partition coefficient (Wildman–Crippen LogP) is 3.76. The zero-order chi connectivity index (χ0) is 21.4. The number of carbonyl (C=O) groups excluding carboxylic acids is 2. The fourth-order valence-corrected chi connectivity index (χ4v) is 4.48. The molecule has 0 saturated carbocycles. The van der Waals surface area contributed by atoms with E-state index < -0.39 is 11.6 Å². The first-order valence-electron chi connectivity index (χ1n) is 10.7. The minimum Gasteiger partial charge on any atom is -0.457 e. The van der Waals surface area contributed by atoms with Crippen LogP contribution >= 0.6 is 0 Å². The van der Waals surface area contributed by atoms with Crippen LogP contribution in [0.25, 0.3) is 11.0 Å². The highest BCUT2D eigenvalue weighted by atomic mass is 16.5. The SMILES string of the molecule is O=C(OCc1cc(=O)oc2cc3c(cc12)CCC3)c1ccc(CN2CCCC2=O)cc1. The summed E-state index contributed by atoms with van der Waals surface area (Å²) in [5.41, 5.74) is 4.65. The largest absolute Gasteiger partial charge is 0.457 e. The van der Waals surface area contributed by atoms with Gasteiger partial charge >= 0.3 is 11.6 Å². The van der Waals surface area contributed by atoms with Crippen molar-refractivity contribution < 1.29 is 18.7 Å². The highest BCUT2D eigenvalue weighted by Gasteiger charge is 2.20. The van der Waals surface area contributed by atoms with Gasteiger partial charge in [0.1, 0.15) is 12.2 Å². The van der Waals surface area contributed by atoms with E-state index in [0.29, 0.717) is 29.7 Å². The Morgan fingerprint density at radius 3 is 2.48 bits per heavy atom. The van der Waals surface area contributed by atoms with Crippen LogP contribution in [0.4, 0.5) is 0 Å². The molecule has 2 heterocycles. The van der Waals surface area contributed by atoms with Crippen molar-refractivity contribution >= 4 is 22.8 Å². The molecule has 0 atom stereocenters. The zero-order valence-corrected chi connectivity index (χ0v) is 17.2. The van der Waals surface area contributed by atoms with Crippen molar-refractivity contribution in [3.05, 3.63) is 80.7 Å². The quantitative estimate of drug-likeness (QED) is 0.467. The van der Waals surface area contributed by atoms with E-state index in [1.54, 1.807) is 12.1 Å². The van der Waals surface area contributed by atoms with Crippen LogP contribution in [0.5, 0.6) is 0 Å². The summed E-state index contributed by atoms with van der Waals surface area (Å²) in [7, 11) is 0. The molecule has 0 spiro atoms. The van der Waals surface area contributed by atoms with Crippen molar-refractivity contribution in [2.75, 3.05) is 6.54 Å². The zero-order valence-electron chi connectivity index (χ0n) is 17.2. The van der Waals surface area contributed by atoms with Gasteiger partial charge in [0.2, 0.25) is 5.91 Å². The van der Waals surface area contributed by atoms with Gasteiger partial charge in [0.25, 0.3) is 0 Å². The summed E-state index contributed by atoms with van der Waals surface area (Å²) in [5, 5.41) is 0.818. The molecule has 6 nitrogen and oxygen atoms in total. The number of aryl methyl sites for hydroxylation is 2. The van der Waals surface area contributed by atoms with Crippen LogP contribution in [-0.4, -0.2) is 23.3 Å². The van der Waals surface area contributed by atoms with Crippen molar-refractivity contribution in [2.45, 2.75) is 45.3 Å². The molecule has 0 N–H and O–H groups in total. The molecule has 3 aromatic rings. The van der Waals surface area contributed by atoms with Crippen molar-refractivity contribution in [3.8, 4) is 0 Å². The molecule has 158 valence electrons. The Balaban J connectivity index is 1.30. The molecule has 2 aliphatic rings. The maximum absolute atomic E-state index is 12.5. The third-order valence-corrected chi connectivity index (χ3v) is 6.14. The fraction of sp³-hybridized carbons (Fsp3) is 0.320. The number of esters is 1. The molecular formula is C25H23NO5. The number of fused-ring (bicyclic) bond motifs is 2. The van der Waals surface area contributed by atoms with E-state index >= 15 is 0 Å². The number of amides is 1. The monoisotopic (exact) mass is 417 g/mol. The maximum atomic E-state index is 12.5. The normalized spacial score (nSPS) is 15.5. The van der Waals surface area contributed by atoms with Gasteiger partial charge in [0, 0.05) is 36.5 Å². The third-order valence-electron chi connectivity index (χ3n) is 6.14. The molecular weight excluding hydrogens is 394 g/mol. The summed E-state index contributed by atoms with van der Waals surface area (Å²) in [4.78, 5) is 38.1. The van der Waals surface area contributed by atoms with Crippen molar-refractivity contribution in [2.24, 2.45) is 0 Å². The lowest BCUT2D eigenvalue weighted by molar-refractivity contribution is -0.128. The molecule has 0 radical (unpaired) electrons. The second-order valence-electron chi connectivity index (χ2n) is 8.25. The highest BCUT2D eigenvalue weighted by molar-refractivity contribution is 5.90. The van der Waals surface area contributed by atoms with E-state index in [0.717, 1.165) is 43.2 Å². The molecule has 5 rings (SSSR count). The molecule has 1 fully saturated rings. The van der Waals surface area contributed by atoms with Gasteiger partial charge in [-0.05, 0) is 66.6 Å². The summed E-state index contributed by atoms with van der Waals surface area (Å²) >= 11 is 0. The topological polar surface area (TPSA) is 76.8 Å². The number of carbonyl (C=O) groups is 2. The average molecular weight is 417 g/mol. The smallest absolute Gasteiger partial charge is 0.338 e. The van der Waals surface area contributed by atoms with Crippen LogP contribution in [0.15, 0.2) is 51.7 Å². The number of ether oxygens (including phenoxy) is 1. The Kier molecular flexibility index (Phi) is 5.06.